The van der Waals surface area contributed by atoms with Gasteiger partial charge in [0, 0.05) is 33.7 Å². The fraction of sp³-hybridized carbons (Fsp3) is 0.450. The van der Waals surface area contributed by atoms with E-state index >= 15 is 0 Å². The maximum Gasteiger partial charge on any atom is 0.0708 e. The summed E-state index contributed by atoms with van der Waals surface area (Å²) in [6.45, 7) is 4.56. The summed E-state index contributed by atoms with van der Waals surface area (Å²) in [6.07, 6.45) is 8.88. The van der Waals surface area contributed by atoms with Gasteiger partial charge in [0.2, 0.25) is 0 Å². The Labute approximate surface area is 142 Å². The van der Waals surface area contributed by atoms with Crippen LogP contribution in [0.25, 0.3) is 21.0 Å². The fourth-order valence-corrected chi connectivity index (χ4v) is 5.00. The number of hydrogen-bond acceptors (Lipinski definition) is 3. The summed E-state index contributed by atoms with van der Waals surface area (Å²) >= 11 is 1.95. The van der Waals surface area contributed by atoms with Gasteiger partial charge in [-0.05, 0) is 49.0 Å². The molecule has 4 rings (SSSR count). The van der Waals surface area contributed by atoms with Gasteiger partial charge in [-0.3, -0.25) is 9.88 Å². The molecule has 0 atom stereocenters. The van der Waals surface area contributed by atoms with Crippen molar-refractivity contribution in [1.29, 1.82) is 0 Å². The third kappa shape index (κ3) is 3.13. The molecule has 0 saturated heterocycles. The third-order valence-corrected chi connectivity index (χ3v) is 6.23. The summed E-state index contributed by atoms with van der Waals surface area (Å²) in [5, 5.41) is 2.59. The summed E-state index contributed by atoms with van der Waals surface area (Å²) < 4.78 is 1.39. The molecule has 0 aliphatic heterocycles. The van der Waals surface area contributed by atoms with Crippen molar-refractivity contribution >= 4 is 32.3 Å². The molecule has 0 radical (unpaired) electrons. The summed E-state index contributed by atoms with van der Waals surface area (Å²) in [7, 11) is 0. The number of nitrogens with zero attached hydrogens (tertiary/aromatic N) is 2. The average molecular weight is 324 g/mol. The van der Waals surface area contributed by atoms with Crippen molar-refractivity contribution in [1.82, 2.24) is 9.88 Å². The van der Waals surface area contributed by atoms with E-state index in [1.165, 1.54) is 52.5 Å². The summed E-state index contributed by atoms with van der Waals surface area (Å²) in [6, 6.07) is 11.9. The number of pyridine rings is 1. The van der Waals surface area contributed by atoms with Crippen LogP contribution in [0.15, 0.2) is 36.5 Å². The highest BCUT2D eigenvalue weighted by molar-refractivity contribution is 7.19. The quantitative estimate of drug-likeness (QED) is 0.620. The topological polar surface area (TPSA) is 16.1 Å². The average Bonchev–Trinajstić information content (AvgIpc) is 2.99. The summed E-state index contributed by atoms with van der Waals surface area (Å²) in [4.78, 5) is 8.66. The molecule has 0 bridgehead atoms. The summed E-state index contributed by atoms with van der Waals surface area (Å²) in [5.41, 5.74) is 1.10. The monoisotopic (exact) mass is 324 g/mol. The Kier molecular flexibility index (Phi) is 4.32. The lowest BCUT2D eigenvalue weighted by Gasteiger charge is -2.33. The van der Waals surface area contributed by atoms with Crippen LogP contribution < -0.4 is 0 Å². The highest BCUT2D eigenvalue weighted by Gasteiger charge is 2.20. The molecule has 0 amide bonds. The molecule has 1 aliphatic rings. The number of thiophene rings is 1. The molecular formula is C20H24N2S. The Bertz CT molecular complexity index is 749. The first-order valence-corrected chi connectivity index (χ1v) is 9.66. The van der Waals surface area contributed by atoms with Crippen LogP contribution in [-0.4, -0.2) is 22.5 Å². The van der Waals surface area contributed by atoms with Crippen molar-refractivity contribution in [3.63, 3.8) is 0 Å². The molecule has 2 nitrogen and oxygen atoms in total. The Morgan fingerprint density at radius 2 is 2.00 bits per heavy atom. The number of aromatic nitrogens is 1. The lowest BCUT2D eigenvalue weighted by molar-refractivity contribution is 0.157. The molecule has 0 unspecified atom stereocenters. The highest BCUT2D eigenvalue weighted by atomic mass is 32.1. The van der Waals surface area contributed by atoms with E-state index in [0.717, 1.165) is 24.6 Å². The van der Waals surface area contributed by atoms with Gasteiger partial charge >= 0.3 is 0 Å². The van der Waals surface area contributed by atoms with E-state index in [9.17, 15) is 0 Å². The molecule has 1 aliphatic carbocycles. The molecule has 23 heavy (non-hydrogen) atoms. The number of fused-ring (bicyclic) bond motifs is 2. The van der Waals surface area contributed by atoms with Gasteiger partial charge in [-0.15, -0.1) is 11.3 Å². The predicted octanol–water partition coefficient (Wildman–Crippen LogP) is 5.60. The van der Waals surface area contributed by atoms with Crippen molar-refractivity contribution in [2.75, 3.05) is 6.54 Å². The molecule has 3 heteroatoms. The zero-order valence-electron chi connectivity index (χ0n) is 13.8. The molecule has 120 valence electrons. The van der Waals surface area contributed by atoms with Gasteiger partial charge in [-0.2, -0.15) is 0 Å². The van der Waals surface area contributed by atoms with Crippen LogP contribution in [0.1, 0.15) is 43.9 Å². The molecule has 3 aromatic rings. The lowest BCUT2D eigenvalue weighted by atomic mass is 9.94. The minimum Gasteiger partial charge on any atom is -0.296 e. The Morgan fingerprint density at radius 1 is 1.13 bits per heavy atom. The van der Waals surface area contributed by atoms with Crippen LogP contribution in [0.4, 0.5) is 0 Å². The largest absolute Gasteiger partial charge is 0.296 e. The molecular weight excluding hydrogens is 300 g/mol. The Morgan fingerprint density at radius 3 is 2.83 bits per heavy atom. The first-order valence-electron chi connectivity index (χ1n) is 8.85. The van der Waals surface area contributed by atoms with Crippen molar-refractivity contribution in [2.45, 2.75) is 51.6 Å². The number of hydrogen-bond donors (Lipinski definition) is 0. The number of benzene rings is 1. The SMILES string of the molecule is CCN(Cc1cc2cc3ncccc3cc2s1)C1CCCCC1. The van der Waals surface area contributed by atoms with E-state index in [1.54, 1.807) is 0 Å². The van der Waals surface area contributed by atoms with Crippen LogP contribution in [0.3, 0.4) is 0 Å². The van der Waals surface area contributed by atoms with Crippen LogP contribution >= 0.6 is 11.3 Å². The zero-order valence-corrected chi connectivity index (χ0v) is 14.6. The first-order chi connectivity index (χ1) is 11.3. The second-order valence-corrected chi connectivity index (χ2v) is 7.82. The second-order valence-electron chi connectivity index (χ2n) is 6.65. The van der Waals surface area contributed by atoms with E-state index < -0.39 is 0 Å². The van der Waals surface area contributed by atoms with Crippen LogP contribution in [0.2, 0.25) is 0 Å². The molecule has 0 N–H and O–H groups in total. The minimum atomic E-state index is 0.791. The van der Waals surface area contributed by atoms with Crippen LogP contribution in [0, 0.1) is 0 Å². The molecule has 2 heterocycles. The van der Waals surface area contributed by atoms with Gasteiger partial charge in [0.05, 0.1) is 5.52 Å². The van der Waals surface area contributed by atoms with E-state index in [0.29, 0.717) is 0 Å². The van der Waals surface area contributed by atoms with Gasteiger partial charge < -0.3 is 0 Å². The van der Waals surface area contributed by atoms with Gasteiger partial charge in [-0.25, -0.2) is 0 Å². The smallest absolute Gasteiger partial charge is 0.0708 e. The fourth-order valence-electron chi connectivity index (χ4n) is 3.88. The van der Waals surface area contributed by atoms with Crippen molar-refractivity contribution in [3.8, 4) is 0 Å². The van der Waals surface area contributed by atoms with Gasteiger partial charge in [0.25, 0.3) is 0 Å². The van der Waals surface area contributed by atoms with Gasteiger partial charge in [-0.1, -0.05) is 32.3 Å². The van der Waals surface area contributed by atoms with Crippen LogP contribution in [-0.2, 0) is 6.54 Å². The molecule has 1 fully saturated rings. The first kappa shape index (κ1) is 15.1. The van der Waals surface area contributed by atoms with Crippen molar-refractivity contribution in [3.05, 3.63) is 41.4 Å². The van der Waals surface area contributed by atoms with Crippen molar-refractivity contribution < 1.29 is 0 Å². The van der Waals surface area contributed by atoms with E-state index in [-0.39, 0.29) is 0 Å². The standard InChI is InChI=1S/C20H24N2S/c1-2-22(17-8-4-3-5-9-17)14-18-11-16-12-19-15(7-6-10-21-19)13-20(16)23-18/h6-7,10-13,17H,2-5,8-9,14H2,1H3. The predicted molar refractivity (Wildman–Crippen MR) is 100 cm³/mol. The minimum absolute atomic E-state index is 0.791. The summed E-state index contributed by atoms with van der Waals surface area (Å²) in [5.74, 6) is 0. The maximum atomic E-state index is 4.49. The Hall–Kier alpha value is -1.45. The van der Waals surface area contributed by atoms with Gasteiger partial charge in [0.1, 0.15) is 0 Å². The van der Waals surface area contributed by atoms with E-state index in [2.05, 4.69) is 41.1 Å². The normalized spacial score (nSPS) is 16.6. The molecule has 0 spiro atoms. The maximum absolute atomic E-state index is 4.49. The molecule has 1 saturated carbocycles. The van der Waals surface area contributed by atoms with Crippen molar-refractivity contribution in [2.24, 2.45) is 0 Å². The second kappa shape index (κ2) is 6.58. The molecule has 2 aromatic heterocycles. The number of rotatable bonds is 4. The Balaban J connectivity index is 1.61. The van der Waals surface area contributed by atoms with E-state index in [4.69, 9.17) is 0 Å². The third-order valence-electron chi connectivity index (χ3n) is 5.15. The molecule has 1 aromatic carbocycles. The lowest BCUT2D eigenvalue weighted by Crippen LogP contribution is -2.35. The van der Waals surface area contributed by atoms with Crippen LogP contribution in [0.5, 0.6) is 0 Å². The highest BCUT2D eigenvalue weighted by Crippen LogP contribution is 2.31. The zero-order chi connectivity index (χ0) is 15.6. The van der Waals surface area contributed by atoms with Gasteiger partial charge in [0.15, 0.2) is 0 Å². The van der Waals surface area contributed by atoms with E-state index in [1.807, 2.05) is 23.6 Å².